The Labute approximate surface area is 112 Å². The van der Waals surface area contributed by atoms with Crippen LogP contribution in [0.5, 0.6) is 0 Å². The van der Waals surface area contributed by atoms with Gasteiger partial charge < -0.3 is 16.2 Å². The molecule has 0 spiro atoms. The summed E-state index contributed by atoms with van der Waals surface area (Å²) in [4.78, 5) is 31.3. The third kappa shape index (κ3) is 3.90. The number of primary amides is 1. The molecule has 0 bridgehead atoms. The van der Waals surface area contributed by atoms with Gasteiger partial charge in [-0.3, -0.25) is 14.9 Å². The van der Waals surface area contributed by atoms with Crippen LogP contribution < -0.4 is 11.1 Å². The summed E-state index contributed by atoms with van der Waals surface area (Å²) >= 11 is 0. The van der Waals surface area contributed by atoms with Crippen molar-refractivity contribution in [3.63, 3.8) is 0 Å². The fourth-order valence-corrected chi connectivity index (χ4v) is 1.50. The van der Waals surface area contributed by atoms with Crippen LogP contribution in [0.15, 0.2) is 12.1 Å². The average Bonchev–Trinajstić information content (AvgIpc) is 2.34. The molecule has 1 aromatic carbocycles. The number of carbonyl (C=O) groups excluding carboxylic acids is 1. The van der Waals surface area contributed by atoms with E-state index in [0.29, 0.717) is 12.5 Å². The Bertz CT molecular complexity index is 561. The molecule has 0 atom stereocenters. The van der Waals surface area contributed by atoms with Crippen molar-refractivity contribution in [2.24, 2.45) is 5.73 Å². The number of anilines is 1. The number of nitro benzene ring substituents is 1. The molecule has 0 aliphatic heterocycles. The third-order valence-corrected chi connectivity index (χ3v) is 2.43. The molecule has 108 valence electrons. The average molecular weight is 285 g/mol. The molecule has 0 fully saturated rings. The molecule has 1 amide bonds. The lowest BCUT2D eigenvalue weighted by Crippen LogP contribution is -2.13. The topological polar surface area (TPSA) is 136 Å². The van der Waals surface area contributed by atoms with Crippen molar-refractivity contribution in [1.29, 1.82) is 0 Å². The first-order valence-corrected chi connectivity index (χ1v) is 5.56. The molecular formula is C11H12FN3O5. The zero-order valence-electron chi connectivity index (χ0n) is 10.3. The van der Waals surface area contributed by atoms with E-state index < -0.39 is 33.9 Å². The summed E-state index contributed by atoms with van der Waals surface area (Å²) < 4.78 is 13.4. The molecule has 0 saturated heterocycles. The fourth-order valence-electron chi connectivity index (χ4n) is 1.50. The van der Waals surface area contributed by atoms with Crippen molar-refractivity contribution in [2.75, 3.05) is 11.9 Å². The van der Waals surface area contributed by atoms with Crippen LogP contribution in [-0.4, -0.2) is 28.5 Å². The predicted octanol–water partition coefficient (Wildman–Crippen LogP) is 1.11. The van der Waals surface area contributed by atoms with Gasteiger partial charge in [-0.25, -0.2) is 9.18 Å². The maximum atomic E-state index is 13.4. The van der Waals surface area contributed by atoms with Gasteiger partial charge in [-0.05, 0) is 12.5 Å². The van der Waals surface area contributed by atoms with E-state index >= 15 is 0 Å². The molecule has 0 saturated carbocycles. The fraction of sp³-hybridized carbons (Fsp3) is 0.273. The highest BCUT2D eigenvalue weighted by Gasteiger charge is 2.21. The molecule has 0 aliphatic rings. The van der Waals surface area contributed by atoms with Crippen LogP contribution in [0, 0.1) is 15.9 Å². The van der Waals surface area contributed by atoms with Crippen LogP contribution >= 0.6 is 0 Å². The molecular weight excluding hydrogens is 273 g/mol. The minimum Gasteiger partial charge on any atom is -0.478 e. The second-order valence-corrected chi connectivity index (χ2v) is 3.91. The number of halogens is 1. The van der Waals surface area contributed by atoms with E-state index in [-0.39, 0.29) is 18.7 Å². The van der Waals surface area contributed by atoms with E-state index in [1.807, 2.05) is 0 Å². The normalized spacial score (nSPS) is 10.1. The lowest BCUT2D eigenvalue weighted by molar-refractivity contribution is -0.384. The monoisotopic (exact) mass is 285 g/mol. The Morgan fingerprint density at radius 3 is 2.60 bits per heavy atom. The van der Waals surface area contributed by atoms with Crippen molar-refractivity contribution in [3.05, 3.63) is 33.6 Å². The van der Waals surface area contributed by atoms with Crippen molar-refractivity contribution in [2.45, 2.75) is 12.8 Å². The van der Waals surface area contributed by atoms with Crippen molar-refractivity contribution < 1.29 is 24.0 Å². The summed E-state index contributed by atoms with van der Waals surface area (Å²) in [6, 6.07) is 1.39. The molecule has 20 heavy (non-hydrogen) atoms. The Morgan fingerprint density at radius 1 is 1.45 bits per heavy atom. The number of hydrogen-bond donors (Lipinski definition) is 3. The van der Waals surface area contributed by atoms with Gasteiger partial charge in [-0.1, -0.05) is 0 Å². The number of nitrogens with zero attached hydrogens (tertiary/aromatic N) is 1. The van der Waals surface area contributed by atoms with Crippen LogP contribution in [0.3, 0.4) is 0 Å². The maximum absolute atomic E-state index is 13.4. The highest BCUT2D eigenvalue weighted by Crippen LogP contribution is 2.27. The summed E-state index contributed by atoms with van der Waals surface area (Å²) in [5, 5.41) is 22.1. The molecule has 8 nitrogen and oxygen atoms in total. The third-order valence-electron chi connectivity index (χ3n) is 2.43. The Kier molecular flexibility index (Phi) is 4.95. The summed E-state index contributed by atoms with van der Waals surface area (Å²) in [7, 11) is 0. The van der Waals surface area contributed by atoms with Gasteiger partial charge >= 0.3 is 5.97 Å². The number of rotatable bonds is 7. The molecule has 1 aromatic rings. The van der Waals surface area contributed by atoms with Crippen LogP contribution in [0.4, 0.5) is 15.8 Å². The van der Waals surface area contributed by atoms with Gasteiger partial charge in [0.25, 0.3) is 5.69 Å². The number of nitrogens with two attached hydrogens (primary N) is 1. The van der Waals surface area contributed by atoms with Crippen LogP contribution in [0.2, 0.25) is 0 Å². The first-order valence-electron chi connectivity index (χ1n) is 5.56. The number of aromatic carboxylic acids is 1. The van der Waals surface area contributed by atoms with E-state index in [0.717, 1.165) is 6.07 Å². The van der Waals surface area contributed by atoms with Crippen molar-refractivity contribution in [1.82, 2.24) is 0 Å². The first kappa shape index (κ1) is 15.3. The molecule has 9 heteroatoms. The Hall–Kier alpha value is -2.71. The lowest BCUT2D eigenvalue weighted by Gasteiger charge is -2.08. The highest BCUT2D eigenvalue weighted by atomic mass is 19.1. The number of amides is 1. The smallest absolute Gasteiger partial charge is 0.338 e. The Morgan fingerprint density at radius 2 is 2.10 bits per heavy atom. The van der Waals surface area contributed by atoms with Crippen molar-refractivity contribution >= 4 is 23.3 Å². The number of benzene rings is 1. The second kappa shape index (κ2) is 6.45. The number of nitrogens with one attached hydrogen (secondary N) is 1. The number of carbonyl (C=O) groups is 2. The van der Waals surface area contributed by atoms with E-state index in [9.17, 15) is 24.1 Å². The van der Waals surface area contributed by atoms with Gasteiger partial charge in [0.15, 0.2) is 0 Å². The van der Waals surface area contributed by atoms with Gasteiger partial charge in [0, 0.05) is 13.0 Å². The van der Waals surface area contributed by atoms with Gasteiger partial charge in [0.2, 0.25) is 5.91 Å². The van der Waals surface area contributed by atoms with Gasteiger partial charge in [0.05, 0.1) is 16.6 Å². The molecule has 0 radical (unpaired) electrons. The molecule has 1 rings (SSSR count). The highest BCUT2D eigenvalue weighted by molar-refractivity contribution is 5.90. The molecule has 0 aliphatic carbocycles. The SMILES string of the molecule is NC(=O)CCCNc1cc(C(=O)O)c(F)cc1[N+](=O)[O-]. The summed E-state index contributed by atoms with van der Waals surface area (Å²) in [5.41, 5.74) is 3.55. The van der Waals surface area contributed by atoms with Crippen LogP contribution in [0.1, 0.15) is 23.2 Å². The minimum atomic E-state index is -1.53. The van der Waals surface area contributed by atoms with E-state index in [4.69, 9.17) is 10.8 Å². The predicted molar refractivity (Wildman–Crippen MR) is 66.9 cm³/mol. The lowest BCUT2D eigenvalue weighted by atomic mass is 10.1. The standard InChI is InChI=1S/C11H12FN3O5/c12-7-5-9(15(19)20)8(4-6(7)11(17)18)14-3-1-2-10(13)16/h4-5,14H,1-3H2,(H2,13,16)(H,17,18). The zero-order chi connectivity index (χ0) is 15.3. The van der Waals surface area contributed by atoms with E-state index in [1.165, 1.54) is 0 Å². The minimum absolute atomic E-state index is 0.0772. The Balaban J connectivity index is 2.96. The number of carboxylic acids is 1. The first-order chi connectivity index (χ1) is 9.32. The number of hydrogen-bond acceptors (Lipinski definition) is 5. The largest absolute Gasteiger partial charge is 0.478 e. The van der Waals surface area contributed by atoms with E-state index in [2.05, 4.69) is 5.32 Å². The van der Waals surface area contributed by atoms with Gasteiger partial charge in [-0.2, -0.15) is 0 Å². The number of carboxylic acid groups (broad SMARTS) is 1. The number of nitro groups is 1. The van der Waals surface area contributed by atoms with Crippen LogP contribution in [-0.2, 0) is 4.79 Å². The molecule has 0 aromatic heterocycles. The molecule has 0 unspecified atom stereocenters. The second-order valence-electron chi connectivity index (χ2n) is 3.91. The molecule has 4 N–H and O–H groups in total. The summed E-state index contributed by atoms with van der Waals surface area (Å²) in [6.07, 6.45) is 0.389. The maximum Gasteiger partial charge on any atom is 0.338 e. The van der Waals surface area contributed by atoms with E-state index in [1.54, 1.807) is 0 Å². The van der Waals surface area contributed by atoms with Crippen molar-refractivity contribution in [3.8, 4) is 0 Å². The zero-order valence-corrected chi connectivity index (χ0v) is 10.3. The summed E-state index contributed by atoms with van der Waals surface area (Å²) in [5.74, 6) is -3.24. The quantitative estimate of drug-likeness (QED) is 0.390. The summed E-state index contributed by atoms with van der Waals surface area (Å²) in [6.45, 7) is 0.161. The van der Waals surface area contributed by atoms with Crippen LogP contribution in [0.25, 0.3) is 0 Å². The molecule has 0 heterocycles. The van der Waals surface area contributed by atoms with Gasteiger partial charge in [-0.15, -0.1) is 0 Å². The van der Waals surface area contributed by atoms with Gasteiger partial charge in [0.1, 0.15) is 11.5 Å².